The average molecular weight is 249 g/mol. The normalized spacial score (nSPS) is 29.3. The van der Waals surface area contributed by atoms with E-state index < -0.39 is 0 Å². The molecule has 0 bridgehead atoms. The largest absolute Gasteiger partial charge is 0.301 e. The first-order valence-electron chi connectivity index (χ1n) is 7.56. The highest BCUT2D eigenvalue weighted by Crippen LogP contribution is 2.24. The summed E-state index contributed by atoms with van der Waals surface area (Å²) in [7, 11) is 0. The van der Waals surface area contributed by atoms with Crippen LogP contribution in [-0.2, 0) is 0 Å². The van der Waals surface area contributed by atoms with E-state index >= 15 is 0 Å². The van der Waals surface area contributed by atoms with Gasteiger partial charge in [0, 0.05) is 18.6 Å². The van der Waals surface area contributed by atoms with Crippen molar-refractivity contribution in [3.05, 3.63) is 0 Å². The summed E-state index contributed by atoms with van der Waals surface area (Å²) in [6.45, 7) is 6.67. The van der Waals surface area contributed by atoms with Crippen LogP contribution in [0, 0.1) is 11.3 Å². The highest BCUT2D eigenvalue weighted by atomic mass is 15.2. The molecule has 0 spiro atoms. The average Bonchev–Trinajstić information content (AvgIpc) is 3.16. The predicted octanol–water partition coefficient (Wildman–Crippen LogP) is 2.68. The minimum Gasteiger partial charge on any atom is -0.301 e. The summed E-state index contributed by atoms with van der Waals surface area (Å²) in [5.41, 5.74) is -0.326. The van der Waals surface area contributed by atoms with E-state index in [0.717, 1.165) is 13.0 Å². The molecule has 1 saturated carbocycles. The number of nitriles is 1. The maximum atomic E-state index is 9.38. The van der Waals surface area contributed by atoms with E-state index in [1.54, 1.807) is 0 Å². The second-order valence-corrected chi connectivity index (χ2v) is 6.35. The Balaban J connectivity index is 1.82. The van der Waals surface area contributed by atoms with Crippen molar-refractivity contribution in [2.75, 3.05) is 13.1 Å². The van der Waals surface area contributed by atoms with Crippen LogP contribution in [0.2, 0.25) is 0 Å². The molecule has 1 heterocycles. The van der Waals surface area contributed by atoms with E-state index in [9.17, 15) is 5.26 Å². The molecule has 1 N–H and O–H groups in total. The van der Waals surface area contributed by atoms with Gasteiger partial charge in [-0.05, 0) is 52.5 Å². The van der Waals surface area contributed by atoms with E-state index in [1.165, 1.54) is 45.1 Å². The van der Waals surface area contributed by atoms with Crippen molar-refractivity contribution < 1.29 is 0 Å². The van der Waals surface area contributed by atoms with Crippen LogP contribution >= 0.6 is 0 Å². The third-order valence-electron chi connectivity index (χ3n) is 4.44. The summed E-state index contributed by atoms with van der Waals surface area (Å²) in [5, 5.41) is 12.9. The van der Waals surface area contributed by atoms with Gasteiger partial charge in [-0.2, -0.15) is 5.26 Å². The van der Waals surface area contributed by atoms with Gasteiger partial charge < -0.3 is 4.90 Å². The molecule has 2 unspecified atom stereocenters. The SMILES string of the molecule is CC1CCCCCN1CCC(C)(C#N)NC1CC1. The van der Waals surface area contributed by atoms with Crippen LogP contribution in [0.5, 0.6) is 0 Å². The van der Waals surface area contributed by atoms with Crippen LogP contribution < -0.4 is 5.32 Å². The highest BCUT2D eigenvalue weighted by molar-refractivity contribution is 5.07. The van der Waals surface area contributed by atoms with Crippen LogP contribution in [0.25, 0.3) is 0 Å². The maximum Gasteiger partial charge on any atom is 0.105 e. The third kappa shape index (κ3) is 3.96. The number of nitrogens with one attached hydrogen (secondary N) is 1. The lowest BCUT2D eigenvalue weighted by molar-refractivity contribution is 0.194. The molecule has 102 valence electrons. The smallest absolute Gasteiger partial charge is 0.105 e. The van der Waals surface area contributed by atoms with E-state index in [0.29, 0.717) is 12.1 Å². The second kappa shape index (κ2) is 6.04. The minimum atomic E-state index is -0.326. The molecule has 2 aliphatic rings. The van der Waals surface area contributed by atoms with Crippen molar-refractivity contribution in [3.63, 3.8) is 0 Å². The molecule has 2 atom stereocenters. The molecule has 3 heteroatoms. The molecule has 0 radical (unpaired) electrons. The first-order valence-corrected chi connectivity index (χ1v) is 7.56. The molecular weight excluding hydrogens is 222 g/mol. The molecule has 1 saturated heterocycles. The standard InChI is InChI=1S/C15H27N3/c1-13-6-4-3-5-10-18(13)11-9-15(2,12-16)17-14-7-8-14/h13-14,17H,3-11H2,1-2H3. The van der Waals surface area contributed by atoms with Gasteiger partial charge in [0.25, 0.3) is 0 Å². The summed E-state index contributed by atoms with van der Waals surface area (Å²) in [6.07, 6.45) is 8.83. The van der Waals surface area contributed by atoms with Crippen molar-refractivity contribution in [2.45, 2.75) is 76.4 Å². The Morgan fingerprint density at radius 1 is 1.28 bits per heavy atom. The van der Waals surface area contributed by atoms with Crippen LogP contribution in [-0.4, -0.2) is 35.6 Å². The first kappa shape index (κ1) is 13.8. The van der Waals surface area contributed by atoms with Crippen LogP contribution in [0.1, 0.15) is 58.8 Å². The fourth-order valence-corrected chi connectivity index (χ4v) is 2.87. The molecule has 0 aromatic rings. The summed E-state index contributed by atoms with van der Waals surface area (Å²) < 4.78 is 0. The Labute approximate surface area is 112 Å². The zero-order valence-electron chi connectivity index (χ0n) is 11.9. The maximum absolute atomic E-state index is 9.38. The Kier molecular flexibility index (Phi) is 4.64. The zero-order chi connectivity index (χ0) is 13.0. The topological polar surface area (TPSA) is 39.1 Å². The van der Waals surface area contributed by atoms with Gasteiger partial charge in [-0.25, -0.2) is 0 Å². The Morgan fingerprint density at radius 3 is 2.72 bits per heavy atom. The third-order valence-corrected chi connectivity index (χ3v) is 4.44. The van der Waals surface area contributed by atoms with Gasteiger partial charge in [0.15, 0.2) is 0 Å². The van der Waals surface area contributed by atoms with Crippen molar-refractivity contribution in [1.29, 1.82) is 5.26 Å². The lowest BCUT2D eigenvalue weighted by Gasteiger charge is -2.31. The van der Waals surface area contributed by atoms with E-state index in [-0.39, 0.29) is 5.54 Å². The number of rotatable bonds is 5. The molecule has 18 heavy (non-hydrogen) atoms. The molecule has 0 aromatic carbocycles. The summed E-state index contributed by atoms with van der Waals surface area (Å²) in [6, 6.07) is 3.78. The van der Waals surface area contributed by atoms with Gasteiger partial charge in [0.1, 0.15) is 5.54 Å². The second-order valence-electron chi connectivity index (χ2n) is 6.35. The molecule has 3 nitrogen and oxygen atoms in total. The van der Waals surface area contributed by atoms with Gasteiger partial charge in [0.05, 0.1) is 6.07 Å². The first-order chi connectivity index (χ1) is 8.63. The minimum absolute atomic E-state index is 0.326. The number of nitrogens with zero attached hydrogens (tertiary/aromatic N) is 2. The van der Waals surface area contributed by atoms with Gasteiger partial charge in [-0.1, -0.05) is 12.8 Å². The molecule has 2 rings (SSSR count). The fourth-order valence-electron chi connectivity index (χ4n) is 2.87. The van der Waals surface area contributed by atoms with Gasteiger partial charge >= 0.3 is 0 Å². The van der Waals surface area contributed by atoms with Crippen LogP contribution in [0.4, 0.5) is 0 Å². The molecular formula is C15H27N3. The Hall–Kier alpha value is -0.590. The number of hydrogen-bond donors (Lipinski definition) is 1. The van der Waals surface area contributed by atoms with Crippen molar-refractivity contribution >= 4 is 0 Å². The molecule has 2 fully saturated rings. The monoisotopic (exact) mass is 249 g/mol. The predicted molar refractivity (Wildman–Crippen MR) is 74.3 cm³/mol. The molecule has 1 aliphatic carbocycles. The summed E-state index contributed by atoms with van der Waals surface area (Å²) in [4.78, 5) is 2.58. The Morgan fingerprint density at radius 2 is 2.06 bits per heavy atom. The van der Waals surface area contributed by atoms with Crippen molar-refractivity contribution in [2.24, 2.45) is 0 Å². The lowest BCUT2D eigenvalue weighted by atomic mass is 9.98. The van der Waals surface area contributed by atoms with Gasteiger partial charge in [-0.15, -0.1) is 0 Å². The van der Waals surface area contributed by atoms with Crippen molar-refractivity contribution in [1.82, 2.24) is 10.2 Å². The van der Waals surface area contributed by atoms with E-state index in [2.05, 4.69) is 30.1 Å². The number of likely N-dealkylation sites (tertiary alicyclic amines) is 1. The zero-order valence-corrected chi connectivity index (χ0v) is 11.9. The van der Waals surface area contributed by atoms with Gasteiger partial charge in [-0.3, -0.25) is 5.32 Å². The summed E-state index contributed by atoms with van der Waals surface area (Å²) >= 11 is 0. The molecule has 1 aliphatic heterocycles. The quantitative estimate of drug-likeness (QED) is 0.814. The molecule has 0 aromatic heterocycles. The Bertz CT molecular complexity index is 305. The highest BCUT2D eigenvalue weighted by Gasteiger charge is 2.33. The lowest BCUT2D eigenvalue weighted by Crippen LogP contribution is -2.46. The molecule has 0 amide bonds. The fraction of sp³-hybridized carbons (Fsp3) is 0.933. The van der Waals surface area contributed by atoms with Crippen molar-refractivity contribution in [3.8, 4) is 6.07 Å². The summed E-state index contributed by atoms with van der Waals surface area (Å²) in [5.74, 6) is 0. The van der Waals surface area contributed by atoms with Crippen LogP contribution in [0.3, 0.4) is 0 Å². The van der Waals surface area contributed by atoms with E-state index in [1.807, 2.05) is 0 Å². The van der Waals surface area contributed by atoms with E-state index in [4.69, 9.17) is 0 Å². The van der Waals surface area contributed by atoms with Crippen LogP contribution in [0.15, 0.2) is 0 Å². The number of hydrogen-bond acceptors (Lipinski definition) is 3. The van der Waals surface area contributed by atoms with Gasteiger partial charge in [0.2, 0.25) is 0 Å².